The van der Waals surface area contributed by atoms with Crippen LogP contribution in [-0.4, -0.2) is 58.8 Å². The molecule has 1 saturated carbocycles. The van der Waals surface area contributed by atoms with Gasteiger partial charge in [0.2, 0.25) is 0 Å². The van der Waals surface area contributed by atoms with E-state index in [-0.39, 0.29) is 19.1 Å². The monoisotopic (exact) mass is 333 g/mol. The van der Waals surface area contributed by atoms with Crippen molar-refractivity contribution < 1.29 is 24.0 Å². The summed E-state index contributed by atoms with van der Waals surface area (Å²) in [6.07, 6.45) is 2.06. The Bertz CT molecular complexity index is 781. The van der Waals surface area contributed by atoms with Crippen LogP contribution in [0.1, 0.15) is 40.5 Å². The van der Waals surface area contributed by atoms with E-state index in [0.29, 0.717) is 28.3 Å². The van der Waals surface area contributed by atoms with E-state index in [4.69, 9.17) is 14.4 Å². The SMILES string of the molecule is COCCN(CC(=O)O)C(=O)c1cc(C2CC2)nc2onc(C)c12. The highest BCUT2D eigenvalue weighted by molar-refractivity contribution is 6.06. The van der Waals surface area contributed by atoms with Crippen LogP contribution in [0.2, 0.25) is 0 Å². The summed E-state index contributed by atoms with van der Waals surface area (Å²) in [5.74, 6) is -1.12. The number of hydrogen-bond acceptors (Lipinski definition) is 6. The minimum Gasteiger partial charge on any atom is -0.480 e. The summed E-state index contributed by atoms with van der Waals surface area (Å²) >= 11 is 0. The summed E-state index contributed by atoms with van der Waals surface area (Å²) < 4.78 is 10.2. The molecule has 0 aliphatic heterocycles. The van der Waals surface area contributed by atoms with Gasteiger partial charge >= 0.3 is 5.97 Å². The molecular formula is C16H19N3O5. The predicted octanol–water partition coefficient (Wildman–Crippen LogP) is 1.58. The molecule has 0 spiro atoms. The molecule has 128 valence electrons. The number of carbonyl (C=O) groups is 2. The van der Waals surface area contributed by atoms with E-state index in [2.05, 4.69) is 10.1 Å². The zero-order chi connectivity index (χ0) is 17.3. The van der Waals surface area contributed by atoms with Crippen molar-refractivity contribution in [2.24, 2.45) is 0 Å². The third kappa shape index (κ3) is 3.23. The number of fused-ring (bicyclic) bond motifs is 1. The van der Waals surface area contributed by atoms with Crippen molar-refractivity contribution in [1.82, 2.24) is 15.0 Å². The van der Waals surface area contributed by atoms with E-state index >= 15 is 0 Å². The molecule has 8 nitrogen and oxygen atoms in total. The fourth-order valence-corrected chi connectivity index (χ4v) is 2.66. The molecule has 0 saturated heterocycles. The summed E-state index contributed by atoms with van der Waals surface area (Å²) in [5.41, 5.74) is 2.06. The van der Waals surface area contributed by atoms with Gasteiger partial charge in [0.25, 0.3) is 11.6 Å². The van der Waals surface area contributed by atoms with Crippen LogP contribution in [-0.2, 0) is 9.53 Å². The third-order valence-corrected chi connectivity index (χ3v) is 4.04. The maximum atomic E-state index is 13.0. The fourth-order valence-electron chi connectivity index (χ4n) is 2.66. The molecule has 0 bridgehead atoms. The number of ether oxygens (including phenoxy) is 1. The van der Waals surface area contributed by atoms with E-state index in [1.807, 2.05) is 0 Å². The van der Waals surface area contributed by atoms with Crippen LogP contribution < -0.4 is 0 Å². The first-order valence-electron chi connectivity index (χ1n) is 7.78. The lowest BCUT2D eigenvalue weighted by molar-refractivity contribution is -0.137. The molecule has 2 aromatic heterocycles. The Morgan fingerprint density at radius 1 is 1.46 bits per heavy atom. The van der Waals surface area contributed by atoms with Crippen molar-refractivity contribution in [2.75, 3.05) is 26.8 Å². The molecule has 0 atom stereocenters. The second kappa shape index (κ2) is 6.56. The van der Waals surface area contributed by atoms with Gasteiger partial charge in [0, 0.05) is 25.3 Å². The van der Waals surface area contributed by atoms with Gasteiger partial charge in [-0.2, -0.15) is 0 Å². The number of carboxylic acids is 1. The van der Waals surface area contributed by atoms with Crippen LogP contribution in [0.4, 0.5) is 0 Å². The van der Waals surface area contributed by atoms with E-state index in [9.17, 15) is 9.59 Å². The number of carbonyl (C=O) groups excluding carboxylic acids is 1. The van der Waals surface area contributed by atoms with E-state index < -0.39 is 12.5 Å². The maximum Gasteiger partial charge on any atom is 0.323 e. The van der Waals surface area contributed by atoms with Crippen LogP contribution in [0, 0.1) is 6.92 Å². The second-order valence-electron chi connectivity index (χ2n) is 5.93. The van der Waals surface area contributed by atoms with Crippen molar-refractivity contribution in [3.63, 3.8) is 0 Å². The molecule has 0 radical (unpaired) electrons. The zero-order valence-electron chi connectivity index (χ0n) is 13.6. The third-order valence-electron chi connectivity index (χ3n) is 4.04. The molecule has 1 aliphatic carbocycles. The number of aromatic nitrogens is 2. The van der Waals surface area contributed by atoms with Crippen molar-refractivity contribution in [3.8, 4) is 0 Å². The van der Waals surface area contributed by atoms with Gasteiger partial charge in [-0.25, -0.2) is 4.98 Å². The molecule has 8 heteroatoms. The van der Waals surface area contributed by atoms with Gasteiger partial charge in [-0.3, -0.25) is 9.59 Å². The fraction of sp³-hybridized carbons (Fsp3) is 0.500. The molecule has 24 heavy (non-hydrogen) atoms. The lowest BCUT2D eigenvalue weighted by Crippen LogP contribution is -2.38. The van der Waals surface area contributed by atoms with E-state index in [0.717, 1.165) is 18.5 Å². The standard InChI is InChI=1S/C16H19N3O5/c1-9-14-11(16(22)19(5-6-23-2)8-13(20)21)7-12(10-3-4-10)17-15(14)24-18-9/h7,10H,3-6,8H2,1-2H3,(H,20,21). The minimum absolute atomic E-state index is 0.189. The highest BCUT2D eigenvalue weighted by Crippen LogP contribution is 2.40. The lowest BCUT2D eigenvalue weighted by Gasteiger charge is -2.21. The lowest BCUT2D eigenvalue weighted by atomic mass is 10.1. The number of methoxy groups -OCH3 is 1. The number of pyridine rings is 1. The summed E-state index contributed by atoms with van der Waals surface area (Å²) in [7, 11) is 1.50. The average Bonchev–Trinajstić information content (AvgIpc) is 3.34. The summed E-state index contributed by atoms with van der Waals surface area (Å²) in [5, 5.41) is 13.5. The van der Waals surface area contributed by atoms with Gasteiger partial charge in [-0.15, -0.1) is 0 Å². The van der Waals surface area contributed by atoms with Gasteiger partial charge in [0.05, 0.1) is 23.3 Å². The Morgan fingerprint density at radius 3 is 2.83 bits per heavy atom. The normalized spacial score (nSPS) is 14.1. The summed E-state index contributed by atoms with van der Waals surface area (Å²) in [4.78, 5) is 29.7. The zero-order valence-corrected chi connectivity index (χ0v) is 13.6. The summed E-state index contributed by atoms with van der Waals surface area (Å²) in [6, 6.07) is 1.74. The Hall–Kier alpha value is -2.48. The van der Waals surface area contributed by atoms with Crippen LogP contribution >= 0.6 is 0 Å². The Labute approximate surface area is 138 Å². The number of aliphatic carboxylic acids is 1. The van der Waals surface area contributed by atoms with Crippen LogP contribution in [0.15, 0.2) is 10.6 Å². The Balaban J connectivity index is 2.02. The van der Waals surface area contributed by atoms with Crippen LogP contribution in [0.3, 0.4) is 0 Å². The van der Waals surface area contributed by atoms with Crippen molar-refractivity contribution >= 4 is 23.0 Å². The molecule has 0 unspecified atom stereocenters. The van der Waals surface area contributed by atoms with E-state index in [1.165, 1.54) is 12.0 Å². The highest BCUT2D eigenvalue weighted by Gasteiger charge is 2.30. The molecule has 3 rings (SSSR count). The molecular weight excluding hydrogens is 314 g/mol. The van der Waals surface area contributed by atoms with Gasteiger partial charge in [0.15, 0.2) is 0 Å². The average molecular weight is 333 g/mol. The van der Waals surface area contributed by atoms with Gasteiger partial charge in [-0.05, 0) is 25.8 Å². The number of carboxylic acid groups (broad SMARTS) is 1. The maximum absolute atomic E-state index is 13.0. The first-order chi connectivity index (χ1) is 11.5. The number of aryl methyl sites for hydroxylation is 1. The van der Waals surface area contributed by atoms with Crippen LogP contribution in [0.25, 0.3) is 11.1 Å². The van der Waals surface area contributed by atoms with Gasteiger partial charge in [-0.1, -0.05) is 5.16 Å². The molecule has 1 N–H and O–H groups in total. The highest BCUT2D eigenvalue weighted by atomic mass is 16.5. The predicted molar refractivity (Wildman–Crippen MR) is 83.9 cm³/mol. The number of nitrogens with zero attached hydrogens (tertiary/aromatic N) is 3. The first-order valence-corrected chi connectivity index (χ1v) is 7.78. The Kier molecular flexibility index (Phi) is 4.48. The molecule has 2 aromatic rings. The first kappa shape index (κ1) is 16.4. The molecule has 0 aromatic carbocycles. The second-order valence-corrected chi connectivity index (χ2v) is 5.93. The molecule has 1 aliphatic rings. The number of amides is 1. The topological polar surface area (TPSA) is 106 Å². The van der Waals surface area contributed by atoms with E-state index in [1.54, 1.807) is 13.0 Å². The number of hydrogen-bond donors (Lipinski definition) is 1. The van der Waals surface area contributed by atoms with Crippen molar-refractivity contribution in [2.45, 2.75) is 25.7 Å². The molecule has 2 heterocycles. The summed E-state index contributed by atoms with van der Waals surface area (Å²) in [6.45, 7) is 1.78. The van der Waals surface area contributed by atoms with Crippen molar-refractivity contribution in [3.05, 3.63) is 23.0 Å². The van der Waals surface area contributed by atoms with Gasteiger partial charge in [0.1, 0.15) is 6.54 Å². The van der Waals surface area contributed by atoms with Crippen molar-refractivity contribution in [1.29, 1.82) is 0 Å². The Morgan fingerprint density at radius 2 is 2.21 bits per heavy atom. The van der Waals surface area contributed by atoms with Crippen LogP contribution in [0.5, 0.6) is 0 Å². The largest absolute Gasteiger partial charge is 0.480 e. The molecule has 1 amide bonds. The number of rotatable bonds is 7. The smallest absolute Gasteiger partial charge is 0.323 e. The molecule has 1 fully saturated rings. The van der Waals surface area contributed by atoms with Gasteiger partial charge < -0.3 is 19.3 Å². The quantitative estimate of drug-likeness (QED) is 0.820. The minimum atomic E-state index is -1.07.